The van der Waals surface area contributed by atoms with Crippen molar-refractivity contribution in [3.8, 4) is 0 Å². The van der Waals surface area contributed by atoms with Crippen molar-refractivity contribution in [2.45, 2.75) is 26.2 Å². The molecule has 0 spiro atoms. The number of nitrogens with one attached hydrogen (secondary N) is 1. The lowest BCUT2D eigenvalue weighted by Crippen LogP contribution is -2.24. The van der Waals surface area contributed by atoms with Crippen LogP contribution in [0.2, 0.25) is 0 Å². The fourth-order valence-corrected chi connectivity index (χ4v) is 2.72. The van der Waals surface area contributed by atoms with Gasteiger partial charge in [0.15, 0.2) is 0 Å². The maximum Gasteiger partial charge on any atom is 0.416 e. The molecule has 30 heavy (non-hydrogen) atoms. The Bertz CT molecular complexity index is 1060. The molecular formula is C18H17F3N6O3. The van der Waals surface area contributed by atoms with Crippen molar-refractivity contribution in [1.82, 2.24) is 19.6 Å². The standard InChI is InChI=1S/C18H17F3N6O3/c1-12(8-25-11-16(7-23-25)27(29)30)17(28)24-15-6-22-26(10-15)9-13-3-2-4-14(5-13)18(19,20)21/h2-7,10-12H,8-9H2,1H3,(H,24,28). The monoisotopic (exact) mass is 422 g/mol. The van der Waals surface area contributed by atoms with Gasteiger partial charge in [-0.3, -0.25) is 24.3 Å². The summed E-state index contributed by atoms with van der Waals surface area (Å²) in [6.45, 7) is 1.88. The summed E-state index contributed by atoms with van der Waals surface area (Å²) in [5, 5.41) is 21.2. The van der Waals surface area contributed by atoms with E-state index in [-0.39, 0.29) is 24.7 Å². The Morgan fingerprint density at radius 1 is 1.23 bits per heavy atom. The number of carbonyl (C=O) groups is 1. The van der Waals surface area contributed by atoms with Crippen LogP contribution < -0.4 is 5.32 Å². The Balaban J connectivity index is 1.59. The predicted octanol–water partition coefficient (Wildman–Crippen LogP) is 3.33. The average Bonchev–Trinajstić information content (AvgIpc) is 3.31. The van der Waals surface area contributed by atoms with Crippen LogP contribution in [0.15, 0.2) is 49.1 Å². The third-order valence-corrected chi connectivity index (χ3v) is 4.24. The predicted molar refractivity (Wildman–Crippen MR) is 99.4 cm³/mol. The van der Waals surface area contributed by atoms with E-state index in [9.17, 15) is 28.1 Å². The molecule has 0 saturated carbocycles. The number of benzene rings is 1. The Morgan fingerprint density at radius 2 is 1.97 bits per heavy atom. The molecule has 0 aliphatic carbocycles. The van der Waals surface area contributed by atoms with Gasteiger partial charge in [-0.1, -0.05) is 19.1 Å². The lowest BCUT2D eigenvalue weighted by Gasteiger charge is -2.11. The molecule has 0 radical (unpaired) electrons. The normalized spacial score (nSPS) is 12.5. The van der Waals surface area contributed by atoms with Crippen LogP contribution in [0.5, 0.6) is 0 Å². The largest absolute Gasteiger partial charge is 0.416 e. The molecular weight excluding hydrogens is 405 g/mol. The summed E-state index contributed by atoms with van der Waals surface area (Å²) < 4.78 is 41.2. The van der Waals surface area contributed by atoms with Crippen molar-refractivity contribution < 1.29 is 22.9 Å². The number of nitrogens with zero attached hydrogens (tertiary/aromatic N) is 5. The zero-order chi connectivity index (χ0) is 21.9. The quantitative estimate of drug-likeness (QED) is 0.464. The molecule has 1 aromatic carbocycles. The van der Waals surface area contributed by atoms with E-state index in [1.807, 2.05) is 0 Å². The maximum absolute atomic E-state index is 12.8. The van der Waals surface area contributed by atoms with Gasteiger partial charge in [0.2, 0.25) is 5.91 Å². The molecule has 0 aliphatic heterocycles. The number of anilines is 1. The number of halogens is 3. The van der Waals surface area contributed by atoms with Gasteiger partial charge in [-0.05, 0) is 17.7 Å². The fraction of sp³-hybridized carbons (Fsp3) is 0.278. The molecule has 12 heteroatoms. The van der Waals surface area contributed by atoms with Crippen LogP contribution in [-0.4, -0.2) is 30.4 Å². The Hall–Kier alpha value is -3.70. The lowest BCUT2D eigenvalue weighted by atomic mass is 10.1. The van der Waals surface area contributed by atoms with Gasteiger partial charge in [0, 0.05) is 6.20 Å². The fourth-order valence-electron chi connectivity index (χ4n) is 2.72. The summed E-state index contributed by atoms with van der Waals surface area (Å²) in [5.41, 5.74) is -0.114. The first kappa shape index (κ1) is 21.0. The van der Waals surface area contributed by atoms with Gasteiger partial charge < -0.3 is 5.32 Å². The molecule has 0 saturated heterocycles. The molecule has 9 nitrogen and oxygen atoms in total. The van der Waals surface area contributed by atoms with Crippen LogP contribution in [-0.2, 0) is 24.1 Å². The summed E-state index contributed by atoms with van der Waals surface area (Å²) >= 11 is 0. The van der Waals surface area contributed by atoms with Crippen LogP contribution >= 0.6 is 0 Å². The summed E-state index contributed by atoms with van der Waals surface area (Å²) in [7, 11) is 0. The number of rotatable bonds is 7. The minimum Gasteiger partial charge on any atom is -0.323 e. The van der Waals surface area contributed by atoms with Gasteiger partial charge in [-0.25, -0.2) is 0 Å². The highest BCUT2D eigenvalue weighted by atomic mass is 19.4. The molecule has 3 aromatic rings. The van der Waals surface area contributed by atoms with E-state index in [0.29, 0.717) is 11.3 Å². The minimum atomic E-state index is -4.43. The second kappa shape index (κ2) is 8.35. The van der Waals surface area contributed by atoms with Crippen LogP contribution in [0.4, 0.5) is 24.5 Å². The molecule has 2 heterocycles. The first-order valence-electron chi connectivity index (χ1n) is 8.78. The highest BCUT2D eigenvalue weighted by Crippen LogP contribution is 2.29. The van der Waals surface area contributed by atoms with Crippen molar-refractivity contribution in [1.29, 1.82) is 0 Å². The van der Waals surface area contributed by atoms with E-state index in [2.05, 4.69) is 15.5 Å². The van der Waals surface area contributed by atoms with Gasteiger partial charge in [-0.15, -0.1) is 0 Å². The third-order valence-electron chi connectivity index (χ3n) is 4.24. The SMILES string of the molecule is CC(Cn1cc([N+](=O)[O-])cn1)C(=O)Nc1cnn(Cc2cccc(C(F)(F)F)c2)c1. The van der Waals surface area contributed by atoms with E-state index in [0.717, 1.165) is 18.3 Å². The zero-order valence-electron chi connectivity index (χ0n) is 15.7. The van der Waals surface area contributed by atoms with E-state index in [4.69, 9.17) is 0 Å². The molecule has 3 rings (SSSR count). The van der Waals surface area contributed by atoms with Gasteiger partial charge >= 0.3 is 11.9 Å². The first-order valence-corrected chi connectivity index (χ1v) is 8.78. The number of nitro groups is 1. The minimum absolute atomic E-state index is 0.103. The molecule has 1 atom stereocenters. The number of alkyl halides is 3. The number of amides is 1. The number of hydrogen-bond acceptors (Lipinski definition) is 5. The summed E-state index contributed by atoms with van der Waals surface area (Å²) in [6, 6.07) is 4.92. The van der Waals surface area contributed by atoms with Crippen molar-refractivity contribution in [3.05, 3.63) is 70.3 Å². The molecule has 0 bridgehead atoms. The highest BCUT2D eigenvalue weighted by Gasteiger charge is 2.30. The second-order valence-corrected chi connectivity index (χ2v) is 6.69. The van der Waals surface area contributed by atoms with Gasteiger partial charge in [-0.2, -0.15) is 23.4 Å². The van der Waals surface area contributed by atoms with Gasteiger partial charge in [0.1, 0.15) is 12.4 Å². The Labute approximate surface area is 168 Å². The average molecular weight is 422 g/mol. The molecule has 1 amide bonds. The first-order chi connectivity index (χ1) is 14.1. The molecule has 1 unspecified atom stereocenters. The van der Waals surface area contributed by atoms with E-state index >= 15 is 0 Å². The number of hydrogen-bond donors (Lipinski definition) is 1. The second-order valence-electron chi connectivity index (χ2n) is 6.69. The van der Waals surface area contributed by atoms with Gasteiger partial charge in [0.25, 0.3) is 0 Å². The summed E-state index contributed by atoms with van der Waals surface area (Å²) in [4.78, 5) is 22.4. The smallest absolute Gasteiger partial charge is 0.323 e. The van der Waals surface area contributed by atoms with Crippen molar-refractivity contribution in [2.75, 3.05) is 5.32 Å². The van der Waals surface area contributed by atoms with E-state index in [1.54, 1.807) is 13.0 Å². The summed E-state index contributed by atoms with van der Waals surface area (Å²) in [6.07, 6.45) is 0.796. The molecule has 2 aromatic heterocycles. The van der Waals surface area contributed by atoms with Crippen molar-refractivity contribution >= 4 is 17.3 Å². The lowest BCUT2D eigenvalue weighted by molar-refractivity contribution is -0.385. The molecule has 0 fully saturated rings. The Kier molecular flexibility index (Phi) is 5.85. The van der Waals surface area contributed by atoms with E-state index in [1.165, 1.54) is 34.0 Å². The number of carbonyl (C=O) groups excluding carboxylic acids is 1. The third kappa shape index (κ3) is 5.21. The zero-order valence-corrected chi connectivity index (χ0v) is 15.7. The van der Waals surface area contributed by atoms with Crippen LogP contribution in [0.3, 0.4) is 0 Å². The van der Waals surface area contributed by atoms with Crippen molar-refractivity contribution in [3.63, 3.8) is 0 Å². The van der Waals surface area contributed by atoms with Crippen LogP contribution in [0.1, 0.15) is 18.1 Å². The topological polar surface area (TPSA) is 108 Å². The van der Waals surface area contributed by atoms with Crippen LogP contribution in [0, 0.1) is 16.0 Å². The summed E-state index contributed by atoms with van der Waals surface area (Å²) in [5.74, 6) is -0.900. The Morgan fingerprint density at radius 3 is 2.63 bits per heavy atom. The van der Waals surface area contributed by atoms with Crippen molar-refractivity contribution in [2.24, 2.45) is 5.92 Å². The number of aromatic nitrogens is 4. The molecule has 158 valence electrons. The molecule has 0 aliphatic rings. The van der Waals surface area contributed by atoms with Crippen LogP contribution in [0.25, 0.3) is 0 Å². The van der Waals surface area contributed by atoms with E-state index < -0.39 is 22.6 Å². The maximum atomic E-state index is 12.8. The molecule has 1 N–H and O–H groups in total. The highest BCUT2D eigenvalue weighted by molar-refractivity contribution is 5.91. The van der Waals surface area contributed by atoms with Gasteiger partial charge in [0.05, 0.1) is 41.4 Å².